The number of aliphatic hydroxyl groups is 1. The number of ether oxygens (including phenoxy) is 1. The van der Waals surface area contributed by atoms with Crippen LogP contribution in [0.5, 0.6) is 17.2 Å². The first-order valence-corrected chi connectivity index (χ1v) is 45.8. The fourth-order valence-electron chi connectivity index (χ4n) is 11.0. The number of aliphatic hydroxyl groups excluding tert-OH is 1. The number of hydrogen-bond donors (Lipinski definition) is 10. The number of H-pyrrole nitrogens is 1. The molecule has 0 fully saturated rings. The Morgan fingerprint density at radius 2 is 0.932 bits per heavy atom. The normalized spacial score (nSPS) is 10.9. The van der Waals surface area contributed by atoms with Crippen molar-refractivity contribution in [3.63, 3.8) is 0 Å². The number of pyridine rings is 10. The molecule has 15 aromatic rings. The number of alkyl halides is 1. The number of benzene rings is 2. The van der Waals surface area contributed by atoms with Crippen LogP contribution in [0.25, 0.3) is 56.4 Å². The number of Topliss-reactive ketones (excluding diaryl/α,β-unsaturated/α-hetero) is 1. The van der Waals surface area contributed by atoms with Crippen molar-refractivity contribution in [2.75, 3.05) is 37.2 Å². The standard InChI is InChI=1S/C18H21N3O.C15H19N3O.C14H16ClN3.C14H17N3O.C9H14BNO2.C9H7BrN2.C6H4BrI.C5H4BrClN2.C4H7ClO.C3H4N2.CH4O.Na.H/c1-11-12(2)21-10-14(22)9-15(17(21)20-11)16-8-13(6-7-19-16)18(3,4)5;1-15(2,3)10-5-6-17-13(7-10)12-8-11(19-4)9-18-14(12)16;1-14(2,3)9-4-5-17-12(6-9)11-7-10(15)8-18-13(11)16;1-14(2,3)9-4-5-16-12(6-9)11-7-10(18)8-17-13(11)15;1-9(2,3)7-4-5-11-8(6-7)10(12)13;10-8-2-1-3-9(6-8)12-5-4-11-7-12;7-5-2-1-3-6(8)4-5;6-4-1-3(7)2-9-5(4)8;1-3(5)4(2)6;1-2-5-3-4-1;1-2;;/h6-10,22H,1-5H3;5-9H,1-4H3,(H2,16,18);4-8H,1-3H3,(H2,16,18);4-8,18H,1-3H3,(H2,15,17);4-6,12-13H,1-3H3;1-7H;1-4H;1-2H,(H2,8,9);3H,1-2H3;1-3H,(H,4,5);2H,1H3;;/q;;;;;;;;;;;+1;-1. The van der Waals surface area contributed by atoms with Crippen molar-refractivity contribution >= 4 is 153 Å². The number of carbonyl (C=O) groups excluding carboxylic acids is 1. The van der Waals surface area contributed by atoms with Gasteiger partial charge in [0.25, 0.3) is 0 Å². The molecule has 14 N–H and O–H groups in total. The Morgan fingerprint density at radius 3 is 1.32 bits per heavy atom. The summed E-state index contributed by atoms with van der Waals surface area (Å²) in [6, 6.07) is 44.7. The Balaban J connectivity index is 0.000000391. The Morgan fingerprint density at radius 1 is 0.519 bits per heavy atom. The van der Waals surface area contributed by atoms with Crippen LogP contribution in [-0.4, -0.2) is 132 Å². The SMILES string of the molecule is Brc1cccc(-n2ccnc2)c1.Brc1cccc(I)c1.CC(=O)C(C)Cl.CC(C)(C)c1ccnc(-c2cc(Cl)cnc2N)c1.CC(C)(C)c1ccnc(-c2cc(O)cnc2N)c1.CC(C)(C)c1ccnc(B(O)O)c1.CO.COc1cnc(N)c(-c2cc(C(C)(C)C)ccn2)c1.Cc1nc2c(-c3cc(C(C)(C)C)ccn3)cc(O)cn2c1C.Nc1ncc(Cl)cc1Br.[H-].[Na+].c1c[nH]cn1. The molecular formula is C98H118BBr3Cl3IN19NaO7. The van der Waals surface area contributed by atoms with Crippen molar-refractivity contribution in [3.8, 4) is 68.0 Å². The third kappa shape index (κ3) is 39.2. The van der Waals surface area contributed by atoms with Crippen LogP contribution in [0, 0.1) is 17.4 Å². The summed E-state index contributed by atoms with van der Waals surface area (Å²) < 4.78 is 13.3. The summed E-state index contributed by atoms with van der Waals surface area (Å²) in [6.07, 6.45) is 27.0. The number of hydrogen-bond acceptors (Lipinski definition) is 23. The molecule has 2 aromatic carbocycles. The van der Waals surface area contributed by atoms with E-state index in [4.69, 9.17) is 77.6 Å². The van der Waals surface area contributed by atoms with Crippen LogP contribution in [0.3, 0.4) is 0 Å². The minimum Gasteiger partial charge on any atom is -1.00 e. The van der Waals surface area contributed by atoms with Gasteiger partial charge in [-0.05, 0) is 249 Å². The number of nitrogen functional groups attached to an aromatic ring is 4. The minimum atomic E-state index is -1.48. The van der Waals surface area contributed by atoms with Gasteiger partial charge in [0, 0.05) is 121 Å². The van der Waals surface area contributed by atoms with Crippen LogP contribution in [0.2, 0.25) is 10.0 Å². The van der Waals surface area contributed by atoms with E-state index in [0.717, 1.165) is 93.8 Å². The maximum atomic E-state index is 10.1. The smallest absolute Gasteiger partial charge is 1.00 e. The van der Waals surface area contributed by atoms with Crippen LogP contribution in [0.1, 0.15) is 158 Å². The van der Waals surface area contributed by atoms with Gasteiger partial charge in [-0.1, -0.05) is 171 Å². The van der Waals surface area contributed by atoms with Crippen molar-refractivity contribution in [1.82, 2.24) is 73.8 Å². The fraction of sp³-hybridized carbons (Fsp3) is 0.276. The molecule has 13 heterocycles. The molecule has 0 aliphatic heterocycles. The molecule has 26 nitrogen and oxygen atoms in total. The van der Waals surface area contributed by atoms with E-state index in [1.54, 1.807) is 113 Å². The second kappa shape index (κ2) is 54.6. The molecule has 1 atom stereocenters. The number of nitrogens with two attached hydrogens (primary N) is 4. The number of fused-ring (bicyclic) bond motifs is 1. The molecule has 0 saturated carbocycles. The first-order chi connectivity index (χ1) is 61.8. The van der Waals surface area contributed by atoms with Crippen molar-refractivity contribution in [1.29, 1.82) is 0 Å². The summed E-state index contributed by atoms with van der Waals surface area (Å²) in [5.74, 6) is 2.72. The van der Waals surface area contributed by atoms with Gasteiger partial charge in [-0.2, -0.15) is 0 Å². The number of aryl methyl sites for hydroxylation is 2. The largest absolute Gasteiger partial charge is 1.00 e. The zero-order chi connectivity index (χ0) is 98.8. The molecule has 0 saturated heterocycles. The van der Waals surface area contributed by atoms with Gasteiger partial charge in [-0.25, -0.2) is 34.9 Å². The van der Waals surface area contributed by atoms with E-state index in [-0.39, 0.29) is 80.7 Å². The maximum Gasteiger partial charge on any atom is 1.00 e. The second-order valence-corrected chi connectivity index (χ2v) is 39.8. The summed E-state index contributed by atoms with van der Waals surface area (Å²) >= 11 is 29.0. The summed E-state index contributed by atoms with van der Waals surface area (Å²) in [4.78, 5) is 62.3. The number of methoxy groups -OCH3 is 1. The van der Waals surface area contributed by atoms with E-state index in [9.17, 15) is 15.0 Å². The van der Waals surface area contributed by atoms with Gasteiger partial charge in [0.15, 0.2) is 0 Å². The number of nitrogens with zero attached hydrogens (tertiary/aromatic N) is 14. The number of nitrogens with one attached hydrogen (secondary N) is 1. The summed E-state index contributed by atoms with van der Waals surface area (Å²) in [7, 11) is 1.12. The number of carbonyl (C=O) groups is 1. The predicted octanol–water partition coefficient (Wildman–Crippen LogP) is 19.6. The third-order valence-electron chi connectivity index (χ3n) is 18.8. The van der Waals surface area contributed by atoms with Gasteiger partial charge in [-0.15, -0.1) is 11.6 Å². The maximum absolute atomic E-state index is 10.1. The zero-order valence-corrected chi connectivity index (χ0v) is 90.1. The minimum absolute atomic E-state index is 0. The Bertz CT molecular complexity index is 6010. The molecule has 13 aromatic heterocycles. The molecule has 1 unspecified atom stereocenters. The third-order valence-corrected chi connectivity index (χ3v) is 21.8. The molecule has 35 heteroatoms. The first kappa shape index (κ1) is 115. The van der Waals surface area contributed by atoms with E-state index >= 15 is 0 Å². The molecular weight excluding hydrogens is 2060 g/mol. The summed E-state index contributed by atoms with van der Waals surface area (Å²) in [5, 5.41) is 45.2. The molecule has 0 radical (unpaired) electrons. The number of aromatic amines is 1. The fourth-order valence-corrected chi connectivity index (χ4v) is 13.6. The molecule has 700 valence electrons. The molecule has 0 aliphatic rings. The first-order valence-electron chi connectivity index (χ1n) is 41.1. The topological polar surface area (TPSA) is 411 Å². The van der Waals surface area contributed by atoms with Crippen LogP contribution in [-0.2, 0) is 31.9 Å². The number of aromatic nitrogens is 15. The second-order valence-electron chi connectivity index (χ2n) is 34.3. The Labute approximate surface area is 858 Å². The summed E-state index contributed by atoms with van der Waals surface area (Å²) in [6.45, 7) is 39.2. The number of ketones is 1. The van der Waals surface area contributed by atoms with Gasteiger partial charge in [-0.3, -0.25) is 34.1 Å². The van der Waals surface area contributed by atoms with E-state index in [2.05, 4.69) is 257 Å². The summed E-state index contributed by atoms with van der Waals surface area (Å²) in [5.41, 5.74) is 39.5. The average molecular weight is 2180 g/mol. The quantitative estimate of drug-likeness (QED) is 0.0384. The predicted molar refractivity (Wildman–Crippen MR) is 559 cm³/mol. The van der Waals surface area contributed by atoms with Crippen LogP contribution in [0.15, 0.2) is 252 Å². The van der Waals surface area contributed by atoms with E-state index < -0.39 is 7.12 Å². The number of rotatable bonds is 8. The molecule has 15 rings (SSSR count). The number of anilines is 4. The van der Waals surface area contributed by atoms with Gasteiger partial charge in [0.05, 0.1) is 92.3 Å². The van der Waals surface area contributed by atoms with Crippen molar-refractivity contribution < 1.29 is 65.9 Å². The van der Waals surface area contributed by atoms with Gasteiger partial charge in [0.2, 0.25) is 0 Å². The van der Waals surface area contributed by atoms with Gasteiger partial charge < -0.3 is 64.0 Å². The number of halogens is 7. The molecule has 133 heavy (non-hydrogen) atoms. The average Bonchev–Trinajstić information content (AvgIpc) is 1.61. The van der Waals surface area contributed by atoms with Crippen LogP contribution >= 0.6 is 105 Å². The number of imidazole rings is 3. The molecule has 0 amide bonds. The Hall–Kier alpha value is -9.85. The van der Waals surface area contributed by atoms with Crippen molar-refractivity contribution in [3.05, 3.63) is 305 Å². The molecule has 0 aliphatic carbocycles. The van der Waals surface area contributed by atoms with Crippen LogP contribution < -0.4 is 62.8 Å². The van der Waals surface area contributed by atoms with E-state index in [1.807, 2.05) is 126 Å². The zero-order valence-electron chi connectivity index (χ0n) is 79.9. The molecule has 0 spiro atoms. The Kier molecular flexibility index (Phi) is 47.4. The van der Waals surface area contributed by atoms with Crippen molar-refractivity contribution in [2.45, 2.75) is 164 Å². The van der Waals surface area contributed by atoms with Crippen molar-refractivity contribution in [2.24, 2.45) is 0 Å². The monoisotopic (exact) mass is 2180 g/mol. The number of aromatic hydroxyl groups is 2. The van der Waals surface area contributed by atoms with Gasteiger partial charge in [0.1, 0.15) is 52.0 Å². The van der Waals surface area contributed by atoms with E-state index in [0.29, 0.717) is 50.2 Å². The van der Waals surface area contributed by atoms with E-state index in [1.165, 1.54) is 45.8 Å². The molecule has 0 bridgehead atoms. The van der Waals surface area contributed by atoms with Crippen LogP contribution in [0.4, 0.5) is 23.3 Å². The van der Waals surface area contributed by atoms with Gasteiger partial charge >= 0.3 is 36.7 Å².